The summed E-state index contributed by atoms with van der Waals surface area (Å²) in [6.07, 6.45) is 0. The predicted octanol–water partition coefficient (Wildman–Crippen LogP) is 2.10. The predicted molar refractivity (Wildman–Crippen MR) is 47.0 cm³/mol. The molecule has 0 aliphatic carbocycles. The number of anilines is 1. The van der Waals surface area contributed by atoms with Gasteiger partial charge in [0.15, 0.2) is 0 Å². The number of ether oxygens (including phenoxy) is 1. The van der Waals surface area contributed by atoms with Crippen LogP contribution >= 0.6 is 0 Å². The maximum atomic E-state index is 13.1. The molecule has 1 aromatic carbocycles. The first-order chi connectivity index (χ1) is 6.91. The van der Waals surface area contributed by atoms with Crippen molar-refractivity contribution in [3.8, 4) is 0 Å². The summed E-state index contributed by atoms with van der Waals surface area (Å²) in [7, 11) is 0. The third-order valence-electron chi connectivity index (χ3n) is 1.82. The Morgan fingerprint density at radius 2 is 2.07 bits per heavy atom. The van der Waals surface area contributed by atoms with E-state index in [2.05, 4.69) is 4.74 Å². The molecule has 6 heteroatoms. The molecule has 3 nitrogen and oxygen atoms in total. The van der Waals surface area contributed by atoms with Crippen LogP contribution in [0.25, 0.3) is 0 Å². The average molecular weight is 219 g/mol. The summed E-state index contributed by atoms with van der Waals surface area (Å²) in [6.45, 7) is -1.82. The van der Waals surface area contributed by atoms with E-state index in [1.807, 2.05) is 0 Å². The molecule has 1 aromatic rings. The molecule has 0 radical (unpaired) electrons. The highest BCUT2D eigenvalue weighted by molar-refractivity contribution is 5.90. The third kappa shape index (κ3) is 2.61. The Morgan fingerprint density at radius 3 is 2.53 bits per heavy atom. The minimum atomic E-state index is -3.23. The fourth-order valence-corrected chi connectivity index (χ4v) is 0.967. The molecule has 0 fully saturated rings. The van der Waals surface area contributed by atoms with E-state index in [-0.39, 0.29) is 16.8 Å². The molecule has 2 N–H and O–H groups in total. The van der Waals surface area contributed by atoms with Crippen molar-refractivity contribution in [1.82, 2.24) is 0 Å². The van der Waals surface area contributed by atoms with Gasteiger partial charge in [0.1, 0.15) is 5.82 Å². The number of alkyl halides is 2. The maximum Gasteiger partial charge on any atom is 0.389 e. The van der Waals surface area contributed by atoms with E-state index >= 15 is 0 Å². The number of halogens is 3. The summed E-state index contributed by atoms with van der Waals surface area (Å²) < 4.78 is 40.0. The molecule has 0 heterocycles. The van der Waals surface area contributed by atoms with Gasteiger partial charge in [-0.3, -0.25) is 0 Å². The molecular formula is C9H8F3NO2. The van der Waals surface area contributed by atoms with Crippen LogP contribution in [-0.2, 0) is 4.74 Å². The van der Waals surface area contributed by atoms with Gasteiger partial charge in [-0.1, -0.05) is 0 Å². The average Bonchev–Trinajstić information content (AvgIpc) is 2.12. The number of carbonyl (C=O) groups is 1. The molecule has 0 atom stereocenters. The fraction of sp³-hybridized carbons (Fsp3) is 0.222. The molecule has 0 aliphatic rings. The van der Waals surface area contributed by atoms with Crippen molar-refractivity contribution < 1.29 is 22.7 Å². The lowest BCUT2D eigenvalue weighted by Gasteiger charge is -2.06. The zero-order valence-electron chi connectivity index (χ0n) is 7.76. The molecule has 0 amide bonds. The van der Waals surface area contributed by atoms with Crippen molar-refractivity contribution >= 4 is 11.7 Å². The Morgan fingerprint density at radius 1 is 1.47 bits per heavy atom. The normalized spacial score (nSPS) is 10.5. The summed E-state index contributed by atoms with van der Waals surface area (Å²) in [5.41, 5.74) is 5.18. The Labute approximate surface area is 83.6 Å². The van der Waals surface area contributed by atoms with Gasteiger partial charge in [0.05, 0.1) is 5.56 Å². The topological polar surface area (TPSA) is 52.3 Å². The first kappa shape index (κ1) is 11.4. The largest absolute Gasteiger partial charge is 0.399 e. The first-order valence-corrected chi connectivity index (χ1v) is 3.96. The van der Waals surface area contributed by atoms with E-state index in [0.717, 1.165) is 12.1 Å². The smallest absolute Gasteiger partial charge is 0.389 e. The Balaban J connectivity index is 3.01. The second kappa shape index (κ2) is 4.20. The van der Waals surface area contributed by atoms with Gasteiger partial charge < -0.3 is 10.5 Å². The van der Waals surface area contributed by atoms with Crippen LogP contribution in [-0.4, -0.2) is 12.6 Å². The van der Waals surface area contributed by atoms with Crippen LogP contribution in [0.3, 0.4) is 0 Å². The molecule has 82 valence electrons. The molecular weight excluding hydrogens is 211 g/mol. The quantitative estimate of drug-likeness (QED) is 0.612. The SMILES string of the molecule is Cc1c(N)cc(C(=O)OC(F)F)cc1F. The number of benzene rings is 1. The van der Waals surface area contributed by atoms with E-state index in [4.69, 9.17) is 5.73 Å². The molecule has 0 saturated heterocycles. The minimum Gasteiger partial charge on any atom is -0.399 e. The van der Waals surface area contributed by atoms with Crippen LogP contribution in [0, 0.1) is 12.7 Å². The highest BCUT2D eigenvalue weighted by Gasteiger charge is 2.16. The number of nitrogens with two attached hydrogens (primary N) is 1. The van der Waals surface area contributed by atoms with Crippen LogP contribution in [0.2, 0.25) is 0 Å². The Kier molecular flexibility index (Phi) is 3.18. The van der Waals surface area contributed by atoms with Crippen LogP contribution in [0.5, 0.6) is 0 Å². The molecule has 0 unspecified atom stereocenters. The zero-order valence-corrected chi connectivity index (χ0v) is 7.76. The number of nitrogen functional groups attached to an aromatic ring is 1. The summed E-state index contributed by atoms with van der Waals surface area (Å²) in [6, 6.07) is 1.89. The molecule has 0 saturated carbocycles. The third-order valence-corrected chi connectivity index (χ3v) is 1.82. The molecule has 0 aliphatic heterocycles. The standard InChI is InChI=1S/C9H8F3NO2/c1-4-6(10)2-5(3-7(4)13)8(14)15-9(11)12/h2-3,9H,13H2,1H3. The minimum absolute atomic E-state index is 0.0104. The molecule has 15 heavy (non-hydrogen) atoms. The number of hydrogen-bond donors (Lipinski definition) is 1. The van der Waals surface area contributed by atoms with Gasteiger partial charge >= 0.3 is 12.6 Å². The van der Waals surface area contributed by atoms with Gasteiger partial charge in [0.2, 0.25) is 0 Å². The highest BCUT2D eigenvalue weighted by Crippen LogP contribution is 2.18. The van der Waals surface area contributed by atoms with E-state index < -0.39 is 18.4 Å². The fourth-order valence-electron chi connectivity index (χ4n) is 0.967. The number of hydrogen-bond acceptors (Lipinski definition) is 3. The maximum absolute atomic E-state index is 13.1. The van der Waals surface area contributed by atoms with Gasteiger partial charge in [-0.05, 0) is 19.1 Å². The summed E-state index contributed by atoms with van der Waals surface area (Å²) in [4.78, 5) is 10.9. The Bertz CT molecular complexity index is 370. The lowest BCUT2D eigenvalue weighted by Crippen LogP contribution is -2.11. The lowest BCUT2D eigenvalue weighted by molar-refractivity contribution is -0.0906. The van der Waals surface area contributed by atoms with Crippen molar-refractivity contribution in [3.63, 3.8) is 0 Å². The van der Waals surface area contributed by atoms with Gasteiger partial charge in [0, 0.05) is 11.3 Å². The van der Waals surface area contributed by atoms with Crippen molar-refractivity contribution in [3.05, 3.63) is 29.1 Å². The van der Waals surface area contributed by atoms with E-state index in [9.17, 15) is 18.0 Å². The van der Waals surface area contributed by atoms with Crippen molar-refractivity contribution in [2.75, 3.05) is 5.73 Å². The molecule has 0 bridgehead atoms. The van der Waals surface area contributed by atoms with Crippen LogP contribution < -0.4 is 5.73 Å². The van der Waals surface area contributed by atoms with Crippen LogP contribution in [0.4, 0.5) is 18.9 Å². The number of esters is 1. The van der Waals surface area contributed by atoms with Gasteiger partial charge in [-0.15, -0.1) is 0 Å². The Hall–Kier alpha value is -1.72. The molecule has 1 rings (SSSR count). The number of carbonyl (C=O) groups excluding carboxylic acids is 1. The zero-order chi connectivity index (χ0) is 11.6. The molecule has 0 aromatic heterocycles. The highest BCUT2D eigenvalue weighted by atomic mass is 19.3. The van der Waals surface area contributed by atoms with E-state index in [1.165, 1.54) is 6.92 Å². The van der Waals surface area contributed by atoms with Crippen molar-refractivity contribution in [1.29, 1.82) is 0 Å². The summed E-state index contributed by atoms with van der Waals surface area (Å²) >= 11 is 0. The van der Waals surface area contributed by atoms with E-state index in [0.29, 0.717) is 0 Å². The van der Waals surface area contributed by atoms with Gasteiger partial charge in [-0.2, -0.15) is 8.78 Å². The monoisotopic (exact) mass is 219 g/mol. The van der Waals surface area contributed by atoms with Gasteiger partial charge in [-0.25, -0.2) is 9.18 Å². The van der Waals surface area contributed by atoms with Crippen molar-refractivity contribution in [2.45, 2.75) is 13.5 Å². The van der Waals surface area contributed by atoms with Gasteiger partial charge in [0.25, 0.3) is 0 Å². The molecule has 0 spiro atoms. The summed E-state index contributed by atoms with van der Waals surface area (Å²) in [5.74, 6) is -2.05. The second-order valence-corrected chi connectivity index (χ2v) is 2.84. The number of rotatable bonds is 2. The van der Waals surface area contributed by atoms with E-state index in [1.54, 1.807) is 0 Å². The lowest BCUT2D eigenvalue weighted by atomic mass is 10.1. The summed E-state index contributed by atoms with van der Waals surface area (Å²) in [5, 5.41) is 0. The van der Waals surface area contributed by atoms with Crippen LogP contribution in [0.15, 0.2) is 12.1 Å². The van der Waals surface area contributed by atoms with Crippen molar-refractivity contribution in [2.24, 2.45) is 0 Å². The second-order valence-electron chi connectivity index (χ2n) is 2.84. The van der Waals surface area contributed by atoms with Crippen LogP contribution in [0.1, 0.15) is 15.9 Å². The first-order valence-electron chi connectivity index (χ1n) is 3.96.